The summed E-state index contributed by atoms with van der Waals surface area (Å²) in [5.41, 5.74) is -1.21. The quantitative estimate of drug-likeness (QED) is 0.713. The average Bonchev–Trinajstić information content (AvgIpc) is 2.19. The fraction of sp³-hybridized carbons (Fsp3) is 0.833. The first-order chi connectivity index (χ1) is 8.32. The van der Waals surface area contributed by atoms with Crippen LogP contribution in [0.5, 0.6) is 0 Å². The van der Waals surface area contributed by atoms with Gasteiger partial charge in [-0.1, -0.05) is 0 Å². The van der Waals surface area contributed by atoms with Gasteiger partial charge in [0.15, 0.2) is 0 Å². The Hall–Kier alpha value is -1.32. The van der Waals surface area contributed by atoms with Gasteiger partial charge in [0, 0.05) is 6.61 Å². The number of nitrogens with one attached hydrogen (secondary N) is 1. The van der Waals surface area contributed by atoms with E-state index in [-0.39, 0.29) is 6.61 Å². The number of rotatable bonds is 4. The van der Waals surface area contributed by atoms with E-state index in [2.05, 4.69) is 11.4 Å². The molecule has 0 aromatic heterocycles. The second-order valence-corrected chi connectivity index (χ2v) is 5.53. The summed E-state index contributed by atoms with van der Waals surface area (Å²) in [5, 5.41) is 20.9. The van der Waals surface area contributed by atoms with Crippen LogP contribution in [0.25, 0.3) is 0 Å². The van der Waals surface area contributed by atoms with E-state index in [9.17, 15) is 4.79 Å². The lowest BCUT2D eigenvalue weighted by Gasteiger charge is -2.45. The average molecular weight is 255 g/mol. The Morgan fingerprint density at radius 2 is 2.17 bits per heavy atom. The largest absolute Gasteiger partial charge is 0.444 e. The molecule has 1 amide bonds. The summed E-state index contributed by atoms with van der Waals surface area (Å²) in [6, 6.07) is 2.18. The number of aliphatic hydroxyl groups is 1. The molecule has 6 nitrogen and oxygen atoms in total. The zero-order valence-corrected chi connectivity index (χ0v) is 11.2. The molecule has 18 heavy (non-hydrogen) atoms. The topological polar surface area (TPSA) is 85.6 Å². The van der Waals surface area contributed by atoms with E-state index in [1.165, 1.54) is 4.90 Å². The minimum absolute atomic E-state index is 0.0876. The molecule has 0 aromatic rings. The molecule has 1 aliphatic rings. The third-order valence-corrected chi connectivity index (χ3v) is 2.59. The summed E-state index contributed by atoms with van der Waals surface area (Å²) in [4.78, 5) is 13.2. The van der Waals surface area contributed by atoms with Crippen LogP contribution >= 0.6 is 0 Å². The monoisotopic (exact) mass is 255 g/mol. The van der Waals surface area contributed by atoms with Crippen molar-refractivity contribution in [1.29, 1.82) is 5.26 Å². The first-order valence-electron chi connectivity index (χ1n) is 6.07. The first kappa shape index (κ1) is 14.7. The Morgan fingerprint density at radius 3 is 2.61 bits per heavy atom. The molecule has 1 fully saturated rings. The fourth-order valence-corrected chi connectivity index (χ4v) is 1.69. The second kappa shape index (κ2) is 5.55. The predicted molar refractivity (Wildman–Crippen MR) is 65.9 cm³/mol. The normalized spacial score (nSPS) is 17.8. The van der Waals surface area contributed by atoms with Crippen LogP contribution in [0.15, 0.2) is 0 Å². The number of ether oxygens (including phenoxy) is 1. The summed E-state index contributed by atoms with van der Waals surface area (Å²) in [6.45, 7) is 6.72. The lowest BCUT2D eigenvalue weighted by molar-refractivity contribution is -0.00503. The molecule has 2 N–H and O–H groups in total. The highest BCUT2D eigenvalue weighted by atomic mass is 16.6. The van der Waals surface area contributed by atoms with Gasteiger partial charge in [0.2, 0.25) is 0 Å². The molecule has 6 heteroatoms. The van der Waals surface area contributed by atoms with Gasteiger partial charge in [0.1, 0.15) is 11.1 Å². The van der Waals surface area contributed by atoms with Gasteiger partial charge < -0.3 is 14.7 Å². The summed E-state index contributed by atoms with van der Waals surface area (Å²) in [5.74, 6) is 0. The summed E-state index contributed by atoms with van der Waals surface area (Å²) in [7, 11) is 0. The van der Waals surface area contributed by atoms with Crippen LogP contribution in [0.1, 0.15) is 27.2 Å². The van der Waals surface area contributed by atoms with Gasteiger partial charge in [-0.05, 0) is 33.7 Å². The van der Waals surface area contributed by atoms with Gasteiger partial charge in [-0.3, -0.25) is 5.32 Å². The molecular formula is C12H21N3O3. The highest BCUT2D eigenvalue weighted by Crippen LogP contribution is 2.22. The number of aliphatic hydroxyl groups excluding tert-OH is 1. The standard InChI is InChI=1S/C12H21N3O3/c1-11(2,3)18-10(17)15-8-12(7-13,9-15)14-5-4-6-16/h14,16H,4-6,8-9H2,1-3H3. The lowest BCUT2D eigenvalue weighted by atomic mass is 9.92. The summed E-state index contributed by atoms with van der Waals surface area (Å²) < 4.78 is 5.21. The van der Waals surface area contributed by atoms with Crippen molar-refractivity contribution in [2.24, 2.45) is 0 Å². The third kappa shape index (κ3) is 3.86. The highest BCUT2D eigenvalue weighted by molar-refractivity contribution is 5.70. The molecule has 0 saturated carbocycles. The second-order valence-electron chi connectivity index (χ2n) is 5.53. The van der Waals surface area contributed by atoms with Gasteiger partial charge in [-0.25, -0.2) is 4.79 Å². The van der Waals surface area contributed by atoms with Crippen LogP contribution in [0.3, 0.4) is 0 Å². The van der Waals surface area contributed by atoms with Crippen molar-refractivity contribution in [2.75, 3.05) is 26.2 Å². The number of hydrogen-bond donors (Lipinski definition) is 2. The molecule has 1 saturated heterocycles. The van der Waals surface area contributed by atoms with Crippen molar-refractivity contribution >= 4 is 6.09 Å². The number of amides is 1. The molecule has 0 aliphatic carbocycles. The Bertz CT molecular complexity index is 337. The van der Waals surface area contributed by atoms with E-state index in [4.69, 9.17) is 15.1 Å². The van der Waals surface area contributed by atoms with Crippen molar-refractivity contribution in [2.45, 2.75) is 38.3 Å². The van der Waals surface area contributed by atoms with Crippen molar-refractivity contribution in [3.63, 3.8) is 0 Å². The zero-order chi connectivity index (χ0) is 13.8. The van der Waals surface area contributed by atoms with Crippen molar-refractivity contribution in [3.05, 3.63) is 0 Å². The van der Waals surface area contributed by atoms with Crippen LogP contribution in [0.4, 0.5) is 4.79 Å². The molecule has 0 bridgehead atoms. The Morgan fingerprint density at radius 1 is 1.56 bits per heavy atom. The molecule has 0 aromatic carbocycles. The van der Waals surface area contributed by atoms with E-state index >= 15 is 0 Å². The Balaban J connectivity index is 2.40. The minimum atomic E-state index is -0.688. The van der Waals surface area contributed by atoms with Crippen molar-refractivity contribution in [3.8, 4) is 6.07 Å². The first-order valence-corrected chi connectivity index (χ1v) is 6.07. The SMILES string of the molecule is CC(C)(C)OC(=O)N1CC(C#N)(NCCCO)C1. The smallest absolute Gasteiger partial charge is 0.410 e. The number of hydrogen-bond acceptors (Lipinski definition) is 5. The maximum absolute atomic E-state index is 11.7. The van der Waals surface area contributed by atoms with Crippen LogP contribution in [0.2, 0.25) is 0 Å². The van der Waals surface area contributed by atoms with Crippen molar-refractivity contribution < 1.29 is 14.6 Å². The van der Waals surface area contributed by atoms with E-state index in [1.807, 2.05) is 20.8 Å². The number of carbonyl (C=O) groups excluding carboxylic acids is 1. The molecule has 1 heterocycles. The van der Waals surface area contributed by atoms with E-state index in [0.717, 1.165) is 0 Å². The van der Waals surface area contributed by atoms with E-state index in [0.29, 0.717) is 26.1 Å². The molecule has 1 aliphatic heterocycles. The third-order valence-electron chi connectivity index (χ3n) is 2.59. The molecule has 0 spiro atoms. The van der Waals surface area contributed by atoms with Gasteiger partial charge in [-0.2, -0.15) is 5.26 Å². The number of nitriles is 1. The van der Waals surface area contributed by atoms with Gasteiger partial charge in [-0.15, -0.1) is 0 Å². The van der Waals surface area contributed by atoms with Gasteiger partial charge in [0.25, 0.3) is 0 Å². The Labute approximate surface area is 108 Å². The maximum atomic E-state index is 11.7. The van der Waals surface area contributed by atoms with Gasteiger partial charge in [0.05, 0.1) is 19.2 Å². The van der Waals surface area contributed by atoms with Crippen LogP contribution in [-0.2, 0) is 4.74 Å². The highest BCUT2D eigenvalue weighted by Gasteiger charge is 2.46. The van der Waals surface area contributed by atoms with Crippen LogP contribution in [-0.4, -0.2) is 53.5 Å². The summed E-state index contributed by atoms with van der Waals surface area (Å²) in [6.07, 6.45) is 0.202. The number of nitrogens with zero attached hydrogens (tertiary/aromatic N) is 2. The zero-order valence-electron chi connectivity index (χ0n) is 11.2. The van der Waals surface area contributed by atoms with E-state index < -0.39 is 17.2 Å². The lowest BCUT2D eigenvalue weighted by Crippen LogP contribution is -2.70. The molecule has 0 atom stereocenters. The van der Waals surface area contributed by atoms with Gasteiger partial charge >= 0.3 is 6.09 Å². The van der Waals surface area contributed by atoms with Crippen LogP contribution < -0.4 is 5.32 Å². The van der Waals surface area contributed by atoms with Crippen molar-refractivity contribution in [1.82, 2.24) is 10.2 Å². The summed E-state index contributed by atoms with van der Waals surface area (Å²) >= 11 is 0. The number of carbonyl (C=O) groups is 1. The molecule has 0 unspecified atom stereocenters. The van der Waals surface area contributed by atoms with Crippen LogP contribution in [0, 0.1) is 11.3 Å². The minimum Gasteiger partial charge on any atom is -0.444 e. The Kier molecular flexibility index (Phi) is 4.54. The molecule has 0 radical (unpaired) electrons. The fourth-order valence-electron chi connectivity index (χ4n) is 1.69. The predicted octanol–water partition coefficient (Wildman–Crippen LogP) is 0.471. The molecule has 102 valence electrons. The molecule has 1 rings (SSSR count). The number of likely N-dealkylation sites (tertiary alicyclic amines) is 1. The maximum Gasteiger partial charge on any atom is 0.410 e. The van der Waals surface area contributed by atoms with E-state index in [1.54, 1.807) is 0 Å². The molecular weight excluding hydrogens is 234 g/mol.